The van der Waals surface area contributed by atoms with Crippen LogP contribution in [-0.2, 0) is 0 Å². The van der Waals surface area contributed by atoms with Gasteiger partial charge in [0.05, 0.1) is 0 Å². The van der Waals surface area contributed by atoms with Gasteiger partial charge >= 0.3 is 5.97 Å². The molecule has 0 atom stereocenters. The van der Waals surface area contributed by atoms with Crippen LogP contribution in [0.15, 0.2) is 5.38 Å². The molecule has 0 amide bonds. The minimum Gasteiger partial charge on any atom is -0.476 e. The number of aromatic nitrogens is 1. The fourth-order valence-electron chi connectivity index (χ4n) is 0.685. The first-order valence-electron chi connectivity index (χ1n) is 3.66. The molecule has 1 rings (SSSR count). The van der Waals surface area contributed by atoms with Gasteiger partial charge in [0.15, 0.2) is 10.8 Å². The highest BCUT2D eigenvalue weighted by Crippen LogP contribution is 2.14. The SMILES string of the molecule is CCCNc1nc(C(=O)O)cs1. The highest BCUT2D eigenvalue weighted by atomic mass is 32.1. The van der Waals surface area contributed by atoms with Gasteiger partial charge < -0.3 is 10.4 Å². The predicted molar refractivity (Wildman–Crippen MR) is 47.9 cm³/mol. The summed E-state index contributed by atoms with van der Waals surface area (Å²) < 4.78 is 0. The lowest BCUT2D eigenvalue weighted by Crippen LogP contribution is -2.01. The molecule has 0 aliphatic rings. The highest BCUT2D eigenvalue weighted by molar-refractivity contribution is 7.13. The average Bonchev–Trinajstić information content (AvgIpc) is 2.48. The summed E-state index contributed by atoms with van der Waals surface area (Å²) in [5, 5.41) is 13.8. The third kappa shape index (κ3) is 2.20. The van der Waals surface area contributed by atoms with Gasteiger partial charge in [-0.1, -0.05) is 6.92 Å². The van der Waals surface area contributed by atoms with Crippen LogP contribution in [-0.4, -0.2) is 22.6 Å². The third-order valence-electron chi connectivity index (χ3n) is 1.25. The first-order chi connectivity index (χ1) is 5.74. The van der Waals surface area contributed by atoms with Gasteiger partial charge in [0.25, 0.3) is 0 Å². The van der Waals surface area contributed by atoms with Crippen LogP contribution in [0.25, 0.3) is 0 Å². The van der Waals surface area contributed by atoms with E-state index in [1.165, 1.54) is 16.7 Å². The Morgan fingerprint density at radius 2 is 2.58 bits per heavy atom. The summed E-state index contributed by atoms with van der Waals surface area (Å²) in [6.45, 7) is 2.87. The van der Waals surface area contributed by atoms with Crippen LogP contribution in [0.3, 0.4) is 0 Å². The van der Waals surface area contributed by atoms with Crippen molar-refractivity contribution in [1.82, 2.24) is 4.98 Å². The van der Waals surface area contributed by atoms with Crippen molar-refractivity contribution >= 4 is 22.4 Å². The molecule has 12 heavy (non-hydrogen) atoms. The first-order valence-corrected chi connectivity index (χ1v) is 4.54. The number of rotatable bonds is 4. The maximum absolute atomic E-state index is 10.4. The van der Waals surface area contributed by atoms with E-state index in [-0.39, 0.29) is 5.69 Å². The minimum absolute atomic E-state index is 0.110. The molecule has 2 N–H and O–H groups in total. The lowest BCUT2D eigenvalue weighted by Gasteiger charge is -1.96. The molecule has 66 valence electrons. The second-order valence-corrected chi connectivity index (χ2v) is 3.13. The quantitative estimate of drug-likeness (QED) is 0.750. The zero-order valence-electron chi connectivity index (χ0n) is 6.70. The van der Waals surface area contributed by atoms with Crippen molar-refractivity contribution in [3.05, 3.63) is 11.1 Å². The monoisotopic (exact) mass is 186 g/mol. The van der Waals surface area contributed by atoms with E-state index in [1.54, 1.807) is 0 Å². The number of thiazole rings is 1. The fourth-order valence-corrected chi connectivity index (χ4v) is 1.40. The molecular weight excluding hydrogens is 176 g/mol. The second kappa shape index (κ2) is 4.06. The predicted octanol–water partition coefficient (Wildman–Crippen LogP) is 1.66. The smallest absolute Gasteiger partial charge is 0.355 e. The lowest BCUT2D eigenvalue weighted by atomic mass is 10.5. The molecule has 0 aromatic carbocycles. The van der Waals surface area contributed by atoms with Gasteiger partial charge in [-0.3, -0.25) is 0 Å². The molecule has 0 aliphatic carbocycles. The van der Waals surface area contributed by atoms with Crippen molar-refractivity contribution in [2.24, 2.45) is 0 Å². The Kier molecular flexibility index (Phi) is 3.04. The molecule has 0 fully saturated rings. The van der Waals surface area contributed by atoms with Gasteiger partial charge in [-0.2, -0.15) is 0 Å². The van der Waals surface area contributed by atoms with E-state index in [2.05, 4.69) is 10.3 Å². The normalized spacial score (nSPS) is 9.75. The largest absolute Gasteiger partial charge is 0.476 e. The lowest BCUT2D eigenvalue weighted by molar-refractivity contribution is 0.0691. The number of anilines is 1. The number of hydrogen-bond acceptors (Lipinski definition) is 4. The molecular formula is C7H10N2O2S. The molecule has 0 bridgehead atoms. The Balaban J connectivity index is 2.58. The molecule has 5 heteroatoms. The van der Waals surface area contributed by atoms with E-state index in [4.69, 9.17) is 5.11 Å². The highest BCUT2D eigenvalue weighted by Gasteiger charge is 2.06. The van der Waals surface area contributed by atoms with Gasteiger partial charge in [0.2, 0.25) is 0 Å². The Morgan fingerprint density at radius 3 is 3.08 bits per heavy atom. The van der Waals surface area contributed by atoms with Crippen LogP contribution in [0.1, 0.15) is 23.8 Å². The van der Waals surface area contributed by atoms with Crippen LogP contribution in [0, 0.1) is 0 Å². The van der Waals surface area contributed by atoms with Gasteiger partial charge in [-0.15, -0.1) is 11.3 Å². The van der Waals surface area contributed by atoms with Gasteiger partial charge in [0, 0.05) is 11.9 Å². The van der Waals surface area contributed by atoms with Crippen LogP contribution < -0.4 is 5.32 Å². The van der Waals surface area contributed by atoms with E-state index >= 15 is 0 Å². The van der Waals surface area contributed by atoms with Gasteiger partial charge in [0.1, 0.15) is 0 Å². The number of hydrogen-bond donors (Lipinski definition) is 2. The summed E-state index contributed by atoms with van der Waals surface area (Å²) >= 11 is 1.31. The fraction of sp³-hybridized carbons (Fsp3) is 0.429. The van der Waals surface area contributed by atoms with Crippen molar-refractivity contribution in [3.63, 3.8) is 0 Å². The van der Waals surface area contributed by atoms with Gasteiger partial charge in [-0.05, 0) is 6.42 Å². The van der Waals surface area contributed by atoms with E-state index in [9.17, 15) is 4.79 Å². The van der Waals surface area contributed by atoms with Gasteiger partial charge in [-0.25, -0.2) is 9.78 Å². The molecule has 1 heterocycles. The molecule has 1 aromatic heterocycles. The molecule has 0 spiro atoms. The number of carbonyl (C=O) groups is 1. The Hall–Kier alpha value is -1.10. The minimum atomic E-state index is -0.976. The molecule has 0 saturated carbocycles. The van der Waals surface area contributed by atoms with Crippen LogP contribution in [0.2, 0.25) is 0 Å². The third-order valence-corrected chi connectivity index (χ3v) is 2.05. The second-order valence-electron chi connectivity index (χ2n) is 2.27. The molecule has 1 aromatic rings. The van der Waals surface area contributed by atoms with Crippen LogP contribution >= 0.6 is 11.3 Å². The maximum Gasteiger partial charge on any atom is 0.355 e. The molecule has 0 aliphatic heterocycles. The molecule has 0 saturated heterocycles. The summed E-state index contributed by atoms with van der Waals surface area (Å²) in [4.78, 5) is 14.3. The molecule has 4 nitrogen and oxygen atoms in total. The average molecular weight is 186 g/mol. The number of carboxylic acid groups (broad SMARTS) is 1. The Bertz CT molecular complexity index is 272. The molecule has 0 unspecified atom stereocenters. The van der Waals surface area contributed by atoms with Crippen molar-refractivity contribution in [2.75, 3.05) is 11.9 Å². The van der Waals surface area contributed by atoms with Crippen LogP contribution in [0.4, 0.5) is 5.13 Å². The van der Waals surface area contributed by atoms with Crippen molar-refractivity contribution in [1.29, 1.82) is 0 Å². The summed E-state index contributed by atoms with van der Waals surface area (Å²) in [6.07, 6.45) is 1.00. The summed E-state index contributed by atoms with van der Waals surface area (Å²) in [5.41, 5.74) is 0.110. The number of nitrogens with zero attached hydrogens (tertiary/aromatic N) is 1. The summed E-state index contributed by atoms with van der Waals surface area (Å²) in [6, 6.07) is 0. The number of aromatic carboxylic acids is 1. The van der Waals surface area contributed by atoms with E-state index in [1.807, 2.05) is 6.92 Å². The number of nitrogens with one attached hydrogen (secondary N) is 1. The summed E-state index contributed by atoms with van der Waals surface area (Å²) in [5.74, 6) is -0.976. The standard InChI is InChI=1S/C7H10N2O2S/c1-2-3-8-7-9-5(4-12-7)6(10)11/h4H,2-3H2,1H3,(H,8,9)(H,10,11). The van der Waals surface area contributed by atoms with Crippen molar-refractivity contribution in [3.8, 4) is 0 Å². The number of carboxylic acids is 1. The van der Waals surface area contributed by atoms with Crippen molar-refractivity contribution in [2.45, 2.75) is 13.3 Å². The zero-order valence-corrected chi connectivity index (χ0v) is 7.52. The maximum atomic E-state index is 10.4. The van der Waals surface area contributed by atoms with Crippen molar-refractivity contribution < 1.29 is 9.90 Å². The zero-order chi connectivity index (χ0) is 8.97. The van der Waals surface area contributed by atoms with Crippen LogP contribution in [0.5, 0.6) is 0 Å². The van der Waals surface area contributed by atoms with E-state index in [0.717, 1.165) is 13.0 Å². The van der Waals surface area contributed by atoms with E-state index < -0.39 is 5.97 Å². The topological polar surface area (TPSA) is 62.2 Å². The summed E-state index contributed by atoms with van der Waals surface area (Å²) in [7, 11) is 0. The molecule has 0 radical (unpaired) electrons. The first kappa shape index (κ1) is 8.99. The van der Waals surface area contributed by atoms with E-state index in [0.29, 0.717) is 5.13 Å². The Labute approximate surface area is 74.3 Å². The Morgan fingerprint density at radius 1 is 1.83 bits per heavy atom.